The predicted octanol–water partition coefficient (Wildman–Crippen LogP) is 3.61. The number of ether oxygens (including phenoxy) is 1. The van der Waals surface area contributed by atoms with Gasteiger partial charge in [0.1, 0.15) is 5.75 Å². The molecule has 2 heterocycles. The van der Waals surface area contributed by atoms with Gasteiger partial charge >= 0.3 is 0 Å². The van der Waals surface area contributed by atoms with Crippen LogP contribution in [0.1, 0.15) is 24.4 Å². The van der Waals surface area contributed by atoms with Crippen LogP contribution in [0.3, 0.4) is 0 Å². The molecular weight excluding hydrogens is 414 g/mol. The van der Waals surface area contributed by atoms with Crippen molar-refractivity contribution in [2.24, 2.45) is 5.92 Å². The summed E-state index contributed by atoms with van der Waals surface area (Å²) in [5, 5.41) is 0.720. The number of hydrogen-bond donors (Lipinski definition) is 0. The lowest BCUT2D eigenvalue weighted by molar-refractivity contribution is -0.146. The molecule has 0 aromatic heterocycles. The quantitative estimate of drug-likeness (QED) is 0.727. The number of hydrogen-bond acceptors (Lipinski definition) is 4. The highest BCUT2D eigenvalue weighted by atomic mass is 35.5. The van der Waals surface area contributed by atoms with E-state index in [-0.39, 0.29) is 23.8 Å². The number of nitrogens with zero attached hydrogens (tertiary/aromatic N) is 3. The number of piperazine rings is 1. The third-order valence-electron chi connectivity index (χ3n) is 6.42. The largest absolute Gasteiger partial charge is 0.497 e. The summed E-state index contributed by atoms with van der Waals surface area (Å²) in [6, 6.07) is 15.2. The van der Waals surface area contributed by atoms with E-state index in [9.17, 15) is 9.59 Å². The molecule has 2 aliphatic heterocycles. The average molecular weight is 442 g/mol. The van der Waals surface area contributed by atoms with E-state index in [1.165, 1.54) is 0 Å². The maximum atomic E-state index is 13.5. The van der Waals surface area contributed by atoms with Crippen LogP contribution in [0.4, 0.5) is 5.69 Å². The third-order valence-corrected chi connectivity index (χ3v) is 6.67. The maximum Gasteiger partial charge on any atom is 0.228 e. The van der Waals surface area contributed by atoms with Gasteiger partial charge in [-0.3, -0.25) is 9.59 Å². The molecule has 0 bridgehead atoms. The van der Waals surface area contributed by atoms with Gasteiger partial charge in [0.05, 0.1) is 19.1 Å². The van der Waals surface area contributed by atoms with Gasteiger partial charge in [-0.15, -0.1) is 0 Å². The number of halogens is 1. The van der Waals surface area contributed by atoms with Crippen LogP contribution >= 0.6 is 11.6 Å². The first-order chi connectivity index (χ1) is 15.0. The van der Waals surface area contributed by atoms with Crippen molar-refractivity contribution >= 4 is 29.1 Å². The summed E-state index contributed by atoms with van der Waals surface area (Å²) in [4.78, 5) is 31.9. The predicted molar refractivity (Wildman–Crippen MR) is 121 cm³/mol. The molecular formula is C24H28ClN3O3. The zero-order valence-corrected chi connectivity index (χ0v) is 18.7. The number of likely N-dealkylation sites (tertiary alicyclic amines) is 1. The van der Waals surface area contributed by atoms with Crippen molar-refractivity contribution in [1.82, 2.24) is 9.80 Å². The monoisotopic (exact) mass is 441 g/mol. The molecule has 2 amide bonds. The second kappa shape index (κ2) is 9.18. The minimum Gasteiger partial charge on any atom is -0.497 e. The van der Waals surface area contributed by atoms with Crippen LogP contribution in [-0.2, 0) is 9.59 Å². The number of carbonyl (C=O) groups is 2. The molecule has 164 valence electrons. The van der Waals surface area contributed by atoms with Gasteiger partial charge in [0.2, 0.25) is 11.8 Å². The highest BCUT2D eigenvalue weighted by Crippen LogP contribution is 2.37. The van der Waals surface area contributed by atoms with E-state index < -0.39 is 0 Å². The van der Waals surface area contributed by atoms with Crippen molar-refractivity contribution in [3.8, 4) is 5.75 Å². The molecule has 0 saturated carbocycles. The Hall–Kier alpha value is -2.73. The van der Waals surface area contributed by atoms with Crippen LogP contribution < -0.4 is 9.64 Å². The Morgan fingerprint density at radius 3 is 2.26 bits per heavy atom. The summed E-state index contributed by atoms with van der Waals surface area (Å²) < 4.78 is 5.26. The van der Waals surface area contributed by atoms with E-state index in [1.807, 2.05) is 53.4 Å². The number of carbonyl (C=O) groups excluding carboxylic acids is 2. The second-order valence-corrected chi connectivity index (χ2v) is 8.59. The van der Waals surface area contributed by atoms with Gasteiger partial charge in [0, 0.05) is 50.4 Å². The van der Waals surface area contributed by atoms with Crippen LogP contribution in [-0.4, -0.2) is 62.0 Å². The Balaban J connectivity index is 1.48. The van der Waals surface area contributed by atoms with Crippen LogP contribution in [0, 0.1) is 5.92 Å². The van der Waals surface area contributed by atoms with E-state index in [0.717, 1.165) is 35.1 Å². The first-order valence-electron chi connectivity index (χ1n) is 10.7. The van der Waals surface area contributed by atoms with E-state index in [0.29, 0.717) is 25.9 Å². The van der Waals surface area contributed by atoms with E-state index >= 15 is 0 Å². The number of amides is 2. The maximum absolute atomic E-state index is 13.5. The summed E-state index contributed by atoms with van der Waals surface area (Å²) >= 11 is 6.00. The summed E-state index contributed by atoms with van der Waals surface area (Å²) in [6.07, 6.45) is 0.987. The van der Waals surface area contributed by atoms with Crippen molar-refractivity contribution in [1.29, 1.82) is 0 Å². The smallest absolute Gasteiger partial charge is 0.228 e. The van der Waals surface area contributed by atoms with Crippen molar-refractivity contribution in [3.05, 3.63) is 59.1 Å². The SMILES string of the molecule is COc1ccc(C2C(C(=O)N3CCN(c4ccc(Cl)cc4)CC3)CCC(=O)N2C)cc1. The van der Waals surface area contributed by atoms with Crippen molar-refractivity contribution in [2.45, 2.75) is 18.9 Å². The molecule has 2 atom stereocenters. The Morgan fingerprint density at radius 2 is 1.65 bits per heavy atom. The molecule has 2 unspecified atom stereocenters. The molecule has 2 aromatic carbocycles. The van der Waals surface area contributed by atoms with Gasteiger partial charge in [0.15, 0.2) is 0 Å². The summed E-state index contributed by atoms with van der Waals surface area (Å²) in [7, 11) is 3.43. The fourth-order valence-corrected chi connectivity index (χ4v) is 4.75. The molecule has 2 aromatic rings. The van der Waals surface area contributed by atoms with Gasteiger partial charge in [-0.1, -0.05) is 23.7 Å². The molecule has 2 saturated heterocycles. The Morgan fingerprint density at radius 1 is 1.00 bits per heavy atom. The van der Waals surface area contributed by atoms with Gasteiger partial charge in [0.25, 0.3) is 0 Å². The highest BCUT2D eigenvalue weighted by Gasteiger charge is 2.41. The fraction of sp³-hybridized carbons (Fsp3) is 0.417. The molecule has 2 fully saturated rings. The minimum absolute atomic E-state index is 0.0809. The first-order valence-corrected chi connectivity index (χ1v) is 11.0. The van der Waals surface area contributed by atoms with Crippen LogP contribution in [0.2, 0.25) is 5.02 Å². The summed E-state index contributed by atoms with van der Waals surface area (Å²) in [5.74, 6) is 0.737. The van der Waals surface area contributed by atoms with Gasteiger partial charge < -0.3 is 19.4 Å². The minimum atomic E-state index is -0.256. The summed E-state index contributed by atoms with van der Waals surface area (Å²) in [6.45, 7) is 2.90. The summed E-state index contributed by atoms with van der Waals surface area (Å²) in [5.41, 5.74) is 2.09. The van der Waals surface area contributed by atoms with Crippen LogP contribution in [0.15, 0.2) is 48.5 Å². The molecule has 7 heteroatoms. The van der Waals surface area contributed by atoms with Gasteiger partial charge in [-0.05, 0) is 48.4 Å². The number of anilines is 1. The second-order valence-electron chi connectivity index (χ2n) is 8.16. The van der Waals surface area contributed by atoms with Crippen molar-refractivity contribution in [2.75, 3.05) is 45.2 Å². The lowest BCUT2D eigenvalue weighted by Crippen LogP contribution is -2.53. The highest BCUT2D eigenvalue weighted by molar-refractivity contribution is 6.30. The lowest BCUT2D eigenvalue weighted by atomic mass is 9.83. The zero-order chi connectivity index (χ0) is 22.0. The average Bonchev–Trinajstić information content (AvgIpc) is 2.81. The number of methoxy groups -OCH3 is 1. The Kier molecular flexibility index (Phi) is 6.37. The lowest BCUT2D eigenvalue weighted by Gasteiger charge is -2.43. The third kappa shape index (κ3) is 4.49. The number of benzene rings is 2. The molecule has 0 radical (unpaired) electrons. The topological polar surface area (TPSA) is 53.1 Å². The van der Waals surface area contributed by atoms with E-state index in [4.69, 9.17) is 16.3 Å². The van der Waals surface area contributed by atoms with E-state index in [2.05, 4.69) is 4.90 Å². The van der Waals surface area contributed by atoms with Crippen molar-refractivity contribution < 1.29 is 14.3 Å². The van der Waals surface area contributed by atoms with Crippen molar-refractivity contribution in [3.63, 3.8) is 0 Å². The molecule has 31 heavy (non-hydrogen) atoms. The Bertz CT molecular complexity index is 924. The molecule has 2 aliphatic rings. The molecule has 6 nitrogen and oxygen atoms in total. The zero-order valence-electron chi connectivity index (χ0n) is 18.0. The molecule has 0 N–H and O–H groups in total. The number of piperidine rings is 1. The number of rotatable bonds is 4. The van der Waals surface area contributed by atoms with E-state index in [1.54, 1.807) is 19.1 Å². The van der Waals surface area contributed by atoms with Gasteiger partial charge in [-0.25, -0.2) is 0 Å². The normalized spacial score (nSPS) is 21.9. The standard InChI is InChI=1S/C24H28ClN3O3/c1-26-22(29)12-11-21(23(26)17-3-9-20(31-2)10-4-17)24(30)28-15-13-27(14-16-28)19-7-5-18(25)6-8-19/h3-10,21,23H,11-16H2,1-2H3. The molecule has 0 aliphatic carbocycles. The Labute approximate surface area is 188 Å². The molecule has 0 spiro atoms. The molecule has 4 rings (SSSR count). The van der Waals surface area contributed by atoms with Crippen LogP contribution in [0.25, 0.3) is 0 Å². The fourth-order valence-electron chi connectivity index (χ4n) is 4.63. The van der Waals surface area contributed by atoms with Crippen LogP contribution in [0.5, 0.6) is 5.75 Å². The first kappa shape index (κ1) is 21.5. The van der Waals surface area contributed by atoms with Gasteiger partial charge in [-0.2, -0.15) is 0 Å².